The molecule has 0 fully saturated rings. The minimum atomic E-state index is 1.04. The lowest BCUT2D eigenvalue weighted by Gasteiger charge is -2.03. The first kappa shape index (κ1) is 10.5. The van der Waals surface area contributed by atoms with Gasteiger partial charge >= 0.3 is 0 Å². The maximum absolute atomic E-state index is 3.75. The Kier molecular flexibility index (Phi) is 2.64. The number of hydrogen-bond acceptors (Lipinski definition) is 0. The molecule has 0 saturated carbocycles. The van der Waals surface area contributed by atoms with Crippen molar-refractivity contribution < 1.29 is 0 Å². The van der Waals surface area contributed by atoms with Crippen molar-refractivity contribution in [1.29, 1.82) is 0 Å². The molecular formula is C14H10Br2. The molecule has 2 heteroatoms. The van der Waals surface area contributed by atoms with E-state index >= 15 is 0 Å². The molecule has 0 nitrogen and oxygen atoms in total. The summed E-state index contributed by atoms with van der Waals surface area (Å²) in [6.07, 6.45) is 8.68. The highest BCUT2D eigenvalue weighted by Crippen LogP contribution is 2.44. The highest BCUT2D eigenvalue weighted by molar-refractivity contribution is 9.15. The fourth-order valence-corrected chi connectivity index (χ4v) is 4.04. The summed E-state index contributed by atoms with van der Waals surface area (Å²) in [4.78, 5) is 0. The molecule has 80 valence electrons. The molecule has 0 unspecified atom stereocenters. The lowest BCUT2D eigenvalue weighted by molar-refractivity contribution is 1.15. The Morgan fingerprint density at radius 2 is 2.00 bits per heavy atom. The van der Waals surface area contributed by atoms with E-state index in [-0.39, 0.29) is 0 Å². The fraction of sp³-hybridized carbons (Fsp3) is 0.143. The SMILES string of the molecule is BrC1=C(C2=CC=CC2)Cc2cccc(Br)c21. The molecule has 0 amide bonds. The maximum atomic E-state index is 3.75. The van der Waals surface area contributed by atoms with E-state index in [0.717, 1.165) is 12.8 Å². The molecule has 1 aromatic rings. The number of benzene rings is 1. The van der Waals surface area contributed by atoms with Crippen LogP contribution >= 0.6 is 31.9 Å². The molecule has 0 heterocycles. The van der Waals surface area contributed by atoms with Gasteiger partial charge in [0.2, 0.25) is 0 Å². The second kappa shape index (κ2) is 4.01. The van der Waals surface area contributed by atoms with E-state index in [1.807, 2.05) is 0 Å². The van der Waals surface area contributed by atoms with Crippen molar-refractivity contribution in [2.24, 2.45) is 0 Å². The second-order valence-electron chi connectivity index (χ2n) is 4.07. The Bertz CT molecular complexity index is 548. The van der Waals surface area contributed by atoms with Crippen LogP contribution in [0.3, 0.4) is 0 Å². The van der Waals surface area contributed by atoms with Gasteiger partial charge in [0.15, 0.2) is 0 Å². The fourth-order valence-electron chi connectivity index (χ4n) is 2.31. The molecule has 0 N–H and O–H groups in total. The van der Waals surface area contributed by atoms with E-state index in [2.05, 4.69) is 68.3 Å². The summed E-state index contributed by atoms with van der Waals surface area (Å²) in [5.41, 5.74) is 5.61. The summed E-state index contributed by atoms with van der Waals surface area (Å²) in [5, 5.41) is 0. The van der Waals surface area contributed by atoms with Crippen LogP contribution in [0, 0.1) is 0 Å². The first-order valence-electron chi connectivity index (χ1n) is 5.30. The zero-order valence-corrected chi connectivity index (χ0v) is 11.8. The average Bonchev–Trinajstić information content (AvgIpc) is 2.86. The van der Waals surface area contributed by atoms with Crippen molar-refractivity contribution in [2.45, 2.75) is 12.8 Å². The van der Waals surface area contributed by atoms with E-state index in [4.69, 9.17) is 0 Å². The van der Waals surface area contributed by atoms with E-state index in [1.54, 1.807) is 0 Å². The first-order valence-corrected chi connectivity index (χ1v) is 6.88. The zero-order chi connectivity index (χ0) is 11.1. The predicted molar refractivity (Wildman–Crippen MR) is 75.5 cm³/mol. The number of hydrogen-bond donors (Lipinski definition) is 0. The van der Waals surface area contributed by atoms with E-state index < -0.39 is 0 Å². The number of allylic oxidation sites excluding steroid dienone is 5. The van der Waals surface area contributed by atoms with Crippen LogP contribution in [0.4, 0.5) is 0 Å². The van der Waals surface area contributed by atoms with E-state index in [9.17, 15) is 0 Å². The third kappa shape index (κ3) is 1.56. The Hall–Kier alpha value is -0.600. The van der Waals surface area contributed by atoms with Crippen molar-refractivity contribution in [3.63, 3.8) is 0 Å². The smallest absolute Gasteiger partial charge is 0.0300 e. The Morgan fingerprint density at radius 1 is 1.12 bits per heavy atom. The number of rotatable bonds is 1. The minimum absolute atomic E-state index is 1.04. The quantitative estimate of drug-likeness (QED) is 0.676. The van der Waals surface area contributed by atoms with Gasteiger partial charge in [0.25, 0.3) is 0 Å². The zero-order valence-electron chi connectivity index (χ0n) is 8.63. The van der Waals surface area contributed by atoms with Gasteiger partial charge in [-0.3, -0.25) is 0 Å². The molecule has 3 rings (SSSR count). The van der Waals surface area contributed by atoms with E-state index in [0.29, 0.717) is 0 Å². The summed E-state index contributed by atoms with van der Waals surface area (Å²) in [5.74, 6) is 0. The van der Waals surface area contributed by atoms with Gasteiger partial charge in [-0.1, -0.05) is 46.3 Å². The molecular weight excluding hydrogens is 328 g/mol. The van der Waals surface area contributed by atoms with Crippen molar-refractivity contribution >= 4 is 36.3 Å². The maximum Gasteiger partial charge on any atom is 0.0300 e. The molecule has 0 bridgehead atoms. The summed E-state index contributed by atoms with van der Waals surface area (Å²) >= 11 is 7.37. The Morgan fingerprint density at radius 3 is 2.69 bits per heavy atom. The van der Waals surface area contributed by atoms with Crippen LogP contribution in [-0.2, 0) is 6.42 Å². The Labute approximate surface area is 112 Å². The highest BCUT2D eigenvalue weighted by Gasteiger charge is 2.23. The van der Waals surface area contributed by atoms with Crippen LogP contribution in [0.5, 0.6) is 0 Å². The van der Waals surface area contributed by atoms with Gasteiger partial charge in [0.1, 0.15) is 0 Å². The van der Waals surface area contributed by atoms with Gasteiger partial charge < -0.3 is 0 Å². The van der Waals surface area contributed by atoms with E-state index in [1.165, 1.54) is 31.2 Å². The van der Waals surface area contributed by atoms with Crippen molar-refractivity contribution in [3.8, 4) is 0 Å². The number of halogens is 2. The first-order chi connectivity index (χ1) is 7.77. The number of fused-ring (bicyclic) bond motifs is 1. The second-order valence-corrected chi connectivity index (χ2v) is 5.71. The van der Waals surface area contributed by atoms with Crippen LogP contribution in [0.2, 0.25) is 0 Å². The van der Waals surface area contributed by atoms with Crippen LogP contribution < -0.4 is 0 Å². The standard InChI is InChI=1S/C14H10Br2/c15-12-7-3-6-10-8-11(14(16)13(10)12)9-4-1-2-5-9/h1-4,6-7H,5,8H2. The monoisotopic (exact) mass is 336 g/mol. The van der Waals surface area contributed by atoms with Gasteiger partial charge in [-0.2, -0.15) is 0 Å². The summed E-state index contributed by atoms with van der Waals surface area (Å²) in [6, 6.07) is 6.41. The molecule has 0 aromatic heterocycles. The third-order valence-electron chi connectivity index (χ3n) is 3.11. The lowest BCUT2D eigenvalue weighted by Crippen LogP contribution is -1.87. The molecule has 16 heavy (non-hydrogen) atoms. The normalized spacial score (nSPS) is 18.0. The van der Waals surface area contributed by atoms with Gasteiger partial charge in [0.05, 0.1) is 0 Å². The highest BCUT2D eigenvalue weighted by atomic mass is 79.9. The lowest BCUT2D eigenvalue weighted by atomic mass is 10.0. The van der Waals surface area contributed by atoms with Crippen LogP contribution in [0.15, 0.2) is 52.0 Å². The molecule has 2 aliphatic carbocycles. The van der Waals surface area contributed by atoms with Gasteiger partial charge in [-0.15, -0.1) is 0 Å². The van der Waals surface area contributed by atoms with Crippen LogP contribution in [-0.4, -0.2) is 0 Å². The summed E-state index contributed by atoms with van der Waals surface area (Å²) in [7, 11) is 0. The Balaban J connectivity index is 2.10. The molecule has 0 radical (unpaired) electrons. The van der Waals surface area contributed by atoms with Crippen molar-refractivity contribution in [1.82, 2.24) is 0 Å². The van der Waals surface area contributed by atoms with Crippen LogP contribution in [0.1, 0.15) is 17.5 Å². The topological polar surface area (TPSA) is 0 Å². The molecule has 0 aliphatic heterocycles. The van der Waals surface area contributed by atoms with Gasteiger partial charge in [-0.25, -0.2) is 0 Å². The summed E-state index contributed by atoms with van der Waals surface area (Å²) in [6.45, 7) is 0. The summed E-state index contributed by atoms with van der Waals surface area (Å²) < 4.78 is 2.43. The average molecular weight is 338 g/mol. The van der Waals surface area contributed by atoms with Crippen molar-refractivity contribution in [2.75, 3.05) is 0 Å². The van der Waals surface area contributed by atoms with Crippen LogP contribution in [0.25, 0.3) is 4.48 Å². The molecule has 0 saturated heterocycles. The van der Waals surface area contributed by atoms with Crippen molar-refractivity contribution in [3.05, 3.63) is 63.2 Å². The molecule has 1 aromatic carbocycles. The van der Waals surface area contributed by atoms with Gasteiger partial charge in [0, 0.05) is 14.5 Å². The predicted octanol–water partition coefficient (Wildman–Crippen LogP) is 5.00. The minimum Gasteiger partial charge on any atom is -0.0801 e. The molecule has 0 atom stereocenters. The van der Waals surface area contributed by atoms with Gasteiger partial charge in [-0.05, 0) is 51.5 Å². The largest absolute Gasteiger partial charge is 0.0801 e. The molecule has 0 spiro atoms. The third-order valence-corrected chi connectivity index (χ3v) is 4.65. The molecule has 2 aliphatic rings.